The third kappa shape index (κ3) is 2.37. The first-order valence-corrected chi connectivity index (χ1v) is 6.27. The number of hydrogen-bond donors (Lipinski definition) is 2. The second-order valence-corrected chi connectivity index (χ2v) is 5.44. The maximum absolute atomic E-state index is 11.3. The fraction of sp³-hybridized carbons (Fsp3) is 0. The van der Waals surface area contributed by atoms with E-state index in [1.807, 2.05) is 23.6 Å². The van der Waals surface area contributed by atoms with Crippen LogP contribution in [0.2, 0.25) is 0 Å². The van der Waals surface area contributed by atoms with Gasteiger partial charge in [0.25, 0.3) is 0 Å². The molecule has 3 nitrogen and oxygen atoms in total. The summed E-state index contributed by atoms with van der Waals surface area (Å²) in [5.41, 5.74) is 11.9. The van der Waals surface area contributed by atoms with Gasteiger partial charge in [-0.25, -0.2) is 0 Å². The average molecular weight is 250 g/mol. The fourth-order valence-electron chi connectivity index (χ4n) is 1.26. The number of anilines is 1. The molecule has 0 saturated heterocycles. The molecule has 0 spiro atoms. The SMILES string of the molecule is NC(=O)c1cc(N)ccc1Sc1cccs1. The number of nitrogen functional groups attached to an aromatic ring is 1. The lowest BCUT2D eigenvalue weighted by molar-refractivity contribution is 0.0997. The monoisotopic (exact) mass is 250 g/mol. The van der Waals surface area contributed by atoms with Gasteiger partial charge in [0.05, 0.1) is 9.77 Å². The minimum atomic E-state index is -0.452. The Hall–Kier alpha value is -1.46. The van der Waals surface area contributed by atoms with Crippen molar-refractivity contribution in [2.45, 2.75) is 9.10 Å². The van der Waals surface area contributed by atoms with Crippen molar-refractivity contribution in [3.8, 4) is 0 Å². The molecule has 0 fully saturated rings. The standard InChI is InChI=1S/C11H10N2OS2/c12-7-3-4-9(8(6-7)11(13)14)16-10-2-1-5-15-10/h1-6H,12H2,(H2,13,14). The summed E-state index contributed by atoms with van der Waals surface area (Å²) in [6.07, 6.45) is 0. The van der Waals surface area contributed by atoms with Crippen LogP contribution in [0.4, 0.5) is 5.69 Å². The second kappa shape index (κ2) is 4.59. The lowest BCUT2D eigenvalue weighted by Crippen LogP contribution is -2.12. The van der Waals surface area contributed by atoms with Gasteiger partial charge in [-0.05, 0) is 29.6 Å². The summed E-state index contributed by atoms with van der Waals surface area (Å²) < 4.78 is 1.12. The highest BCUT2D eigenvalue weighted by Gasteiger charge is 2.10. The number of benzene rings is 1. The number of nitrogens with two attached hydrogens (primary N) is 2. The van der Waals surface area contributed by atoms with E-state index in [1.54, 1.807) is 23.5 Å². The van der Waals surface area contributed by atoms with Crippen LogP contribution in [0, 0.1) is 0 Å². The number of rotatable bonds is 3. The molecule has 4 N–H and O–H groups in total. The Morgan fingerprint density at radius 3 is 2.75 bits per heavy atom. The van der Waals surface area contributed by atoms with Crippen LogP contribution in [0.5, 0.6) is 0 Å². The lowest BCUT2D eigenvalue weighted by atomic mass is 10.2. The van der Waals surface area contributed by atoms with Crippen LogP contribution in [-0.2, 0) is 0 Å². The molecule has 0 aliphatic carbocycles. The van der Waals surface area contributed by atoms with Gasteiger partial charge in [-0.2, -0.15) is 0 Å². The summed E-state index contributed by atoms with van der Waals surface area (Å²) in [7, 11) is 0. The van der Waals surface area contributed by atoms with Crippen molar-refractivity contribution in [3.05, 3.63) is 41.3 Å². The summed E-state index contributed by atoms with van der Waals surface area (Å²) in [5.74, 6) is -0.452. The first-order chi connectivity index (χ1) is 7.66. The van der Waals surface area contributed by atoms with Gasteiger partial charge >= 0.3 is 0 Å². The summed E-state index contributed by atoms with van der Waals surface area (Å²) in [5, 5.41) is 1.99. The van der Waals surface area contributed by atoms with Crippen LogP contribution in [0.1, 0.15) is 10.4 Å². The van der Waals surface area contributed by atoms with Crippen LogP contribution in [0.3, 0.4) is 0 Å². The maximum atomic E-state index is 11.3. The van der Waals surface area contributed by atoms with Gasteiger partial charge < -0.3 is 11.5 Å². The van der Waals surface area contributed by atoms with E-state index in [9.17, 15) is 4.79 Å². The number of carbonyl (C=O) groups is 1. The average Bonchev–Trinajstić information content (AvgIpc) is 2.73. The van der Waals surface area contributed by atoms with E-state index in [2.05, 4.69) is 0 Å². The van der Waals surface area contributed by atoms with Crippen molar-refractivity contribution >= 4 is 34.7 Å². The largest absolute Gasteiger partial charge is 0.399 e. The molecule has 1 amide bonds. The van der Waals surface area contributed by atoms with E-state index in [1.165, 1.54) is 11.8 Å². The Balaban J connectivity index is 2.36. The predicted octanol–water partition coefficient (Wildman–Crippen LogP) is 2.58. The zero-order valence-corrected chi connectivity index (χ0v) is 9.98. The van der Waals surface area contributed by atoms with Gasteiger partial charge in [0.2, 0.25) is 5.91 Å². The summed E-state index contributed by atoms with van der Waals surface area (Å²) >= 11 is 3.14. The molecular weight excluding hydrogens is 240 g/mol. The summed E-state index contributed by atoms with van der Waals surface area (Å²) in [6, 6.07) is 9.16. The number of hydrogen-bond acceptors (Lipinski definition) is 4. The Morgan fingerprint density at radius 2 is 2.12 bits per heavy atom. The summed E-state index contributed by atoms with van der Waals surface area (Å²) in [4.78, 5) is 12.1. The van der Waals surface area contributed by atoms with Crippen molar-refractivity contribution in [2.24, 2.45) is 5.73 Å². The number of primary amides is 1. The molecule has 1 aromatic heterocycles. The third-order valence-electron chi connectivity index (χ3n) is 1.97. The van der Waals surface area contributed by atoms with Crippen LogP contribution >= 0.6 is 23.1 Å². The minimum Gasteiger partial charge on any atom is -0.399 e. The van der Waals surface area contributed by atoms with E-state index in [0.29, 0.717) is 11.3 Å². The zero-order chi connectivity index (χ0) is 11.5. The maximum Gasteiger partial charge on any atom is 0.249 e. The Morgan fingerprint density at radius 1 is 1.31 bits per heavy atom. The molecule has 0 radical (unpaired) electrons. The Bertz CT molecular complexity index is 509. The smallest absolute Gasteiger partial charge is 0.249 e. The van der Waals surface area contributed by atoms with Gasteiger partial charge in [0.1, 0.15) is 0 Å². The zero-order valence-electron chi connectivity index (χ0n) is 8.34. The van der Waals surface area contributed by atoms with Crippen LogP contribution < -0.4 is 11.5 Å². The molecule has 82 valence electrons. The van der Waals surface area contributed by atoms with E-state index in [0.717, 1.165) is 9.10 Å². The molecule has 1 aromatic carbocycles. The molecule has 0 aliphatic rings. The van der Waals surface area contributed by atoms with Crippen LogP contribution in [0.25, 0.3) is 0 Å². The minimum absolute atomic E-state index is 0.452. The van der Waals surface area contributed by atoms with E-state index in [4.69, 9.17) is 11.5 Å². The molecule has 2 rings (SSSR count). The van der Waals surface area contributed by atoms with Crippen LogP contribution in [-0.4, -0.2) is 5.91 Å². The topological polar surface area (TPSA) is 69.1 Å². The lowest BCUT2D eigenvalue weighted by Gasteiger charge is -2.05. The van der Waals surface area contributed by atoms with Crippen molar-refractivity contribution in [1.82, 2.24) is 0 Å². The predicted molar refractivity (Wildman–Crippen MR) is 67.8 cm³/mol. The van der Waals surface area contributed by atoms with E-state index >= 15 is 0 Å². The van der Waals surface area contributed by atoms with E-state index in [-0.39, 0.29) is 0 Å². The third-order valence-corrected chi connectivity index (χ3v) is 4.09. The molecule has 5 heteroatoms. The van der Waals surface area contributed by atoms with Crippen molar-refractivity contribution in [2.75, 3.05) is 5.73 Å². The Labute approximate surface area is 101 Å². The van der Waals surface area contributed by atoms with Gasteiger partial charge in [-0.15, -0.1) is 11.3 Å². The van der Waals surface area contributed by atoms with Crippen LogP contribution in [0.15, 0.2) is 44.8 Å². The molecule has 0 saturated carbocycles. The second-order valence-electron chi connectivity index (χ2n) is 3.15. The Kier molecular flexibility index (Phi) is 3.17. The molecule has 0 aliphatic heterocycles. The van der Waals surface area contributed by atoms with Crippen molar-refractivity contribution < 1.29 is 4.79 Å². The van der Waals surface area contributed by atoms with Gasteiger partial charge in [-0.3, -0.25) is 4.79 Å². The molecular formula is C11H10N2OS2. The highest BCUT2D eigenvalue weighted by molar-refractivity contribution is 8.01. The highest BCUT2D eigenvalue weighted by Crippen LogP contribution is 2.34. The number of thiophene rings is 1. The van der Waals surface area contributed by atoms with Gasteiger partial charge in [-0.1, -0.05) is 17.8 Å². The fourth-order valence-corrected chi connectivity index (χ4v) is 3.10. The molecule has 16 heavy (non-hydrogen) atoms. The van der Waals surface area contributed by atoms with Crippen molar-refractivity contribution in [1.29, 1.82) is 0 Å². The molecule has 0 atom stereocenters. The normalized spacial score (nSPS) is 10.2. The first-order valence-electron chi connectivity index (χ1n) is 4.57. The van der Waals surface area contributed by atoms with Gasteiger partial charge in [0, 0.05) is 10.6 Å². The molecule has 0 bridgehead atoms. The molecule has 2 aromatic rings. The van der Waals surface area contributed by atoms with E-state index < -0.39 is 5.91 Å². The van der Waals surface area contributed by atoms with Crippen molar-refractivity contribution in [3.63, 3.8) is 0 Å². The molecule has 0 unspecified atom stereocenters. The summed E-state index contributed by atoms with van der Waals surface area (Å²) in [6.45, 7) is 0. The quantitative estimate of drug-likeness (QED) is 0.823. The highest BCUT2D eigenvalue weighted by atomic mass is 32.2. The number of carbonyl (C=O) groups excluding carboxylic acids is 1. The first kappa shape index (κ1) is 11.0. The van der Waals surface area contributed by atoms with Gasteiger partial charge in [0.15, 0.2) is 0 Å². The number of amides is 1. The molecule has 1 heterocycles.